The second-order valence-corrected chi connectivity index (χ2v) is 5.95. The van der Waals surface area contributed by atoms with Gasteiger partial charge in [-0.25, -0.2) is 0 Å². The van der Waals surface area contributed by atoms with E-state index >= 15 is 0 Å². The van der Waals surface area contributed by atoms with Crippen LogP contribution in [0.15, 0.2) is 18.2 Å². The number of aryl methyl sites for hydroxylation is 1. The second kappa shape index (κ2) is 5.59. The number of nitrogens with one attached hydrogen (secondary N) is 1. The fourth-order valence-corrected chi connectivity index (χ4v) is 2.92. The van der Waals surface area contributed by atoms with Crippen molar-refractivity contribution in [2.45, 2.75) is 46.0 Å². The zero-order valence-electron chi connectivity index (χ0n) is 11.7. The molecule has 1 fully saturated rings. The maximum Gasteiger partial charge on any atom is 0.292 e. The Labute approximate surface area is 114 Å². The Morgan fingerprint density at radius 3 is 2.63 bits per heavy atom. The highest BCUT2D eigenvalue weighted by atomic mass is 16.6. The van der Waals surface area contributed by atoms with Gasteiger partial charge in [0.05, 0.1) is 4.92 Å². The molecule has 1 aliphatic rings. The van der Waals surface area contributed by atoms with Crippen molar-refractivity contribution < 1.29 is 4.92 Å². The first-order chi connectivity index (χ1) is 9.02. The highest BCUT2D eigenvalue weighted by molar-refractivity contribution is 5.66. The van der Waals surface area contributed by atoms with Crippen molar-refractivity contribution in [2.75, 3.05) is 11.9 Å². The molecular weight excluding hydrogens is 240 g/mol. The minimum absolute atomic E-state index is 0.180. The summed E-state index contributed by atoms with van der Waals surface area (Å²) in [6.45, 7) is 5.01. The maximum atomic E-state index is 11.1. The molecule has 0 aliphatic heterocycles. The van der Waals surface area contributed by atoms with Crippen molar-refractivity contribution in [3.8, 4) is 0 Å². The average Bonchev–Trinajstić information content (AvgIpc) is 2.38. The summed E-state index contributed by atoms with van der Waals surface area (Å²) >= 11 is 0. The molecule has 0 unspecified atom stereocenters. The van der Waals surface area contributed by atoms with Gasteiger partial charge >= 0.3 is 0 Å². The van der Waals surface area contributed by atoms with Crippen molar-refractivity contribution in [1.82, 2.24) is 0 Å². The molecule has 0 aromatic heterocycles. The largest absolute Gasteiger partial charge is 0.379 e. The van der Waals surface area contributed by atoms with Crippen LogP contribution in [0.1, 0.15) is 44.6 Å². The van der Waals surface area contributed by atoms with E-state index in [2.05, 4.69) is 12.2 Å². The van der Waals surface area contributed by atoms with Crippen molar-refractivity contribution >= 4 is 11.4 Å². The molecule has 0 bridgehead atoms. The number of nitro benzene ring substituents is 1. The van der Waals surface area contributed by atoms with Gasteiger partial charge in [0.15, 0.2) is 0 Å². The highest BCUT2D eigenvalue weighted by Gasteiger charge is 2.27. The number of nitrogens with zero attached hydrogens (tertiary/aromatic N) is 1. The molecule has 0 spiro atoms. The Hall–Kier alpha value is -1.58. The molecule has 0 heterocycles. The van der Waals surface area contributed by atoms with E-state index < -0.39 is 0 Å². The van der Waals surface area contributed by atoms with Gasteiger partial charge in [-0.1, -0.05) is 38.3 Å². The Balaban J connectivity index is 2.12. The van der Waals surface area contributed by atoms with Crippen molar-refractivity contribution in [1.29, 1.82) is 0 Å². The molecule has 1 N–H and O–H groups in total. The molecule has 0 saturated heterocycles. The first-order valence-electron chi connectivity index (χ1n) is 7.00. The maximum absolute atomic E-state index is 11.1. The average molecular weight is 262 g/mol. The lowest BCUT2D eigenvalue weighted by molar-refractivity contribution is -0.384. The number of para-hydroxylation sites is 1. The molecule has 1 aromatic carbocycles. The van der Waals surface area contributed by atoms with E-state index in [-0.39, 0.29) is 16.0 Å². The molecule has 1 aromatic rings. The third-order valence-electron chi connectivity index (χ3n) is 4.20. The van der Waals surface area contributed by atoms with E-state index in [0.29, 0.717) is 5.69 Å². The van der Waals surface area contributed by atoms with Crippen LogP contribution < -0.4 is 5.32 Å². The van der Waals surface area contributed by atoms with Crippen LogP contribution in [0.3, 0.4) is 0 Å². The monoisotopic (exact) mass is 262 g/mol. The van der Waals surface area contributed by atoms with Crippen molar-refractivity contribution in [2.24, 2.45) is 5.41 Å². The van der Waals surface area contributed by atoms with E-state index in [4.69, 9.17) is 0 Å². The minimum Gasteiger partial charge on any atom is -0.379 e. The van der Waals surface area contributed by atoms with Gasteiger partial charge in [0.25, 0.3) is 5.69 Å². The SMILES string of the molecule is Cc1cccc([N+](=O)[O-])c1NCC1(C)CCCCC1. The van der Waals surface area contributed by atoms with E-state index in [0.717, 1.165) is 12.1 Å². The lowest BCUT2D eigenvalue weighted by Crippen LogP contribution is -2.29. The molecule has 0 amide bonds. The summed E-state index contributed by atoms with van der Waals surface area (Å²) in [5.41, 5.74) is 2.07. The van der Waals surface area contributed by atoms with Gasteiger partial charge in [0.2, 0.25) is 0 Å². The van der Waals surface area contributed by atoms with Crippen LogP contribution in [-0.2, 0) is 0 Å². The van der Waals surface area contributed by atoms with Crippen LogP contribution in [0.4, 0.5) is 11.4 Å². The number of hydrogen-bond acceptors (Lipinski definition) is 3. The molecule has 1 saturated carbocycles. The van der Waals surface area contributed by atoms with Gasteiger partial charge in [0, 0.05) is 12.6 Å². The lowest BCUT2D eigenvalue weighted by atomic mass is 9.75. The summed E-state index contributed by atoms with van der Waals surface area (Å²) in [7, 11) is 0. The summed E-state index contributed by atoms with van der Waals surface area (Å²) in [5.74, 6) is 0. The zero-order chi connectivity index (χ0) is 13.9. The molecular formula is C15H22N2O2. The summed E-state index contributed by atoms with van der Waals surface area (Å²) in [6, 6.07) is 5.22. The quantitative estimate of drug-likeness (QED) is 0.650. The van der Waals surface area contributed by atoms with Gasteiger partial charge < -0.3 is 5.32 Å². The summed E-state index contributed by atoms with van der Waals surface area (Å²) in [6.07, 6.45) is 6.28. The Morgan fingerprint density at radius 1 is 1.32 bits per heavy atom. The molecule has 2 rings (SSSR count). The van der Waals surface area contributed by atoms with Crippen LogP contribution in [0, 0.1) is 22.5 Å². The first-order valence-corrected chi connectivity index (χ1v) is 7.00. The molecule has 4 nitrogen and oxygen atoms in total. The Morgan fingerprint density at radius 2 is 2.00 bits per heavy atom. The highest BCUT2D eigenvalue weighted by Crippen LogP contribution is 2.37. The second-order valence-electron chi connectivity index (χ2n) is 5.95. The molecule has 104 valence electrons. The third kappa shape index (κ3) is 3.25. The molecule has 4 heteroatoms. The van der Waals surface area contributed by atoms with Gasteiger partial charge in [-0.3, -0.25) is 10.1 Å². The van der Waals surface area contributed by atoms with E-state index in [1.54, 1.807) is 12.1 Å². The van der Waals surface area contributed by atoms with Crippen LogP contribution in [0.5, 0.6) is 0 Å². The Bertz CT molecular complexity index is 465. The number of rotatable bonds is 4. The van der Waals surface area contributed by atoms with E-state index in [9.17, 15) is 10.1 Å². The van der Waals surface area contributed by atoms with Gasteiger partial charge in [-0.15, -0.1) is 0 Å². The molecule has 0 radical (unpaired) electrons. The standard InChI is InChI=1S/C15H22N2O2/c1-12-7-6-8-13(17(18)19)14(12)16-11-15(2)9-4-3-5-10-15/h6-8,16H,3-5,9-11H2,1-2H3. The van der Waals surface area contributed by atoms with Crippen molar-refractivity contribution in [3.05, 3.63) is 33.9 Å². The van der Waals surface area contributed by atoms with Crippen LogP contribution in [-0.4, -0.2) is 11.5 Å². The summed E-state index contributed by atoms with van der Waals surface area (Å²) in [4.78, 5) is 10.8. The number of hydrogen-bond donors (Lipinski definition) is 1. The normalized spacial score (nSPS) is 18.0. The van der Waals surface area contributed by atoms with Gasteiger partial charge in [0.1, 0.15) is 5.69 Å². The van der Waals surface area contributed by atoms with E-state index in [1.165, 1.54) is 32.1 Å². The zero-order valence-corrected chi connectivity index (χ0v) is 11.7. The smallest absolute Gasteiger partial charge is 0.292 e. The minimum atomic E-state index is -0.307. The van der Waals surface area contributed by atoms with E-state index in [1.807, 2.05) is 13.0 Å². The van der Waals surface area contributed by atoms with Crippen LogP contribution in [0.25, 0.3) is 0 Å². The molecule has 19 heavy (non-hydrogen) atoms. The summed E-state index contributed by atoms with van der Waals surface area (Å²) in [5, 5.41) is 14.4. The predicted octanol–water partition coefficient (Wildman–Crippen LogP) is 4.29. The van der Waals surface area contributed by atoms with Crippen LogP contribution >= 0.6 is 0 Å². The number of benzene rings is 1. The first kappa shape index (κ1) is 13.8. The summed E-state index contributed by atoms with van der Waals surface area (Å²) < 4.78 is 0. The van der Waals surface area contributed by atoms with Crippen molar-refractivity contribution in [3.63, 3.8) is 0 Å². The molecule has 1 aliphatic carbocycles. The number of nitro groups is 1. The predicted molar refractivity (Wildman–Crippen MR) is 77.5 cm³/mol. The molecule has 0 atom stereocenters. The Kier molecular flexibility index (Phi) is 4.08. The number of anilines is 1. The topological polar surface area (TPSA) is 55.2 Å². The van der Waals surface area contributed by atoms with Crippen LogP contribution in [0.2, 0.25) is 0 Å². The lowest BCUT2D eigenvalue weighted by Gasteiger charge is -2.34. The third-order valence-corrected chi connectivity index (χ3v) is 4.20. The van der Waals surface area contributed by atoms with Gasteiger partial charge in [-0.05, 0) is 30.7 Å². The van der Waals surface area contributed by atoms with Gasteiger partial charge in [-0.2, -0.15) is 0 Å². The fraction of sp³-hybridized carbons (Fsp3) is 0.600. The fourth-order valence-electron chi connectivity index (χ4n) is 2.92.